The average Bonchev–Trinajstić information content (AvgIpc) is 3.09. The lowest BCUT2D eigenvalue weighted by molar-refractivity contribution is 0.0741. The van der Waals surface area contributed by atoms with Gasteiger partial charge in [-0.25, -0.2) is 0 Å². The number of aryl methyl sites for hydroxylation is 1. The summed E-state index contributed by atoms with van der Waals surface area (Å²) in [5.74, 6) is 0.174. The smallest absolute Gasteiger partial charge is 0.264 e. The predicted molar refractivity (Wildman–Crippen MR) is 84.1 cm³/mol. The molecule has 0 radical (unpaired) electrons. The molecule has 1 saturated heterocycles. The Morgan fingerprint density at radius 1 is 1.53 bits per heavy atom. The van der Waals surface area contributed by atoms with E-state index < -0.39 is 0 Å². The molecule has 1 aliphatic heterocycles. The lowest BCUT2D eigenvalue weighted by Gasteiger charge is -2.23. The number of thiophene rings is 2. The summed E-state index contributed by atoms with van der Waals surface area (Å²) in [6.07, 6.45) is 2.17. The summed E-state index contributed by atoms with van der Waals surface area (Å²) in [6, 6.07) is 4.39. The Morgan fingerprint density at radius 3 is 3.00 bits per heavy atom. The second kappa shape index (κ2) is 5.38. The van der Waals surface area contributed by atoms with Gasteiger partial charge >= 0.3 is 0 Å². The maximum Gasteiger partial charge on any atom is 0.264 e. The summed E-state index contributed by atoms with van der Waals surface area (Å²) in [4.78, 5) is 15.5. The van der Waals surface area contributed by atoms with Crippen molar-refractivity contribution in [3.63, 3.8) is 0 Å². The number of likely N-dealkylation sites (tertiary alicyclic amines) is 1. The van der Waals surface area contributed by atoms with Gasteiger partial charge in [0.1, 0.15) is 0 Å². The molecule has 1 amide bonds. The van der Waals surface area contributed by atoms with Gasteiger partial charge in [0, 0.05) is 6.54 Å². The number of carbonyl (C=O) groups excluding carboxylic acids is 1. The lowest BCUT2D eigenvalue weighted by atomic mass is 10.1. The summed E-state index contributed by atoms with van der Waals surface area (Å²) >= 11 is 6.73. The van der Waals surface area contributed by atoms with E-state index in [-0.39, 0.29) is 11.9 Å². The molecule has 0 aliphatic carbocycles. The van der Waals surface area contributed by atoms with Gasteiger partial charge in [0.2, 0.25) is 0 Å². The zero-order valence-electron chi connectivity index (χ0n) is 10.6. The molecule has 5 heteroatoms. The summed E-state index contributed by atoms with van der Waals surface area (Å²) in [5.41, 5.74) is 2.42. The van der Waals surface area contributed by atoms with E-state index in [1.807, 2.05) is 17.9 Å². The molecule has 1 unspecified atom stereocenters. The molecule has 2 aromatic heterocycles. The Labute approximate surface area is 129 Å². The number of halogens is 1. The fourth-order valence-corrected chi connectivity index (χ4v) is 4.73. The SMILES string of the molecule is Cc1cc(C(=O)N2CCCC2c2ccsc2)sc1Br. The predicted octanol–water partition coefficient (Wildman–Crippen LogP) is 4.86. The normalized spacial score (nSPS) is 19.1. The number of carbonyl (C=O) groups is 1. The monoisotopic (exact) mass is 355 g/mol. The Balaban J connectivity index is 1.86. The van der Waals surface area contributed by atoms with Gasteiger partial charge in [-0.2, -0.15) is 11.3 Å². The fourth-order valence-electron chi connectivity index (χ4n) is 2.53. The highest BCUT2D eigenvalue weighted by atomic mass is 79.9. The first-order valence-electron chi connectivity index (χ1n) is 6.26. The van der Waals surface area contributed by atoms with Crippen LogP contribution in [0.1, 0.15) is 39.7 Å². The fraction of sp³-hybridized carbons (Fsp3) is 0.357. The molecule has 100 valence electrons. The van der Waals surface area contributed by atoms with Crippen LogP contribution < -0.4 is 0 Å². The Bertz CT molecular complexity index is 571. The molecule has 0 N–H and O–H groups in total. The Hall–Kier alpha value is -0.650. The molecule has 1 fully saturated rings. The first-order valence-corrected chi connectivity index (χ1v) is 8.81. The Kier molecular flexibility index (Phi) is 3.78. The van der Waals surface area contributed by atoms with Gasteiger partial charge in [-0.3, -0.25) is 4.79 Å². The van der Waals surface area contributed by atoms with E-state index >= 15 is 0 Å². The second-order valence-electron chi connectivity index (χ2n) is 4.78. The highest BCUT2D eigenvalue weighted by Crippen LogP contribution is 2.36. The van der Waals surface area contributed by atoms with Gasteiger partial charge in [0.25, 0.3) is 5.91 Å². The van der Waals surface area contributed by atoms with Crippen molar-refractivity contribution >= 4 is 44.5 Å². The van der Waals surface area contributed by atoms with Crippen molar-refractivity contribution in [2.45, 2.75) is 25.8 Å². The molecule has 3 rings (SSSR count). The van der Waals surface area contributed by atoms with Crippen LogP contribution in [0.3, 0.4) is 0 Å². The molecule has 3 heterocycles. The van der Waals surface area contributed by atoms with Crippen LogP contribution in [0.25, 0.3) is 0 Å². The van der Waals surface area contributed by atoms with Crippen LogP contribution >= 0.6 is 38.6 Å². The average molecular weight is 356 g/mol. The van der Waals surface area contributed by atoms with Crippen molar-refractivity contribution < 1.29 is 4.79 Å². The van der Waals surface area contributed by atoms with Gasteiger partial charge in [-0.05, 0) is 69.7 Å². The number of amides is 1. The van der Waals surface area contributed by atoms with Crippen LogP contribution in [0.4, 0.5) is 0 Å². The maximum atomic E-state index is 12.6. The van der Waals surface area contributed by atoms with E-state index in [2.05, 4.69) is 32.8 Å². The van der Waals surface area contributed by atoms with E-state index in [9.17, 15) is 4.79 Å². The van der Waals surface area contributed by atoms with Crippen molar-refractivity contribution in [3.05, 3.63) is 42.7 Å². The van der Waals surface area contributed by atoms with Crippen LogP contribution in [0.5, 0.6) is 0 Å². The molecule has 19 heavy (non-hydrogen) atoms. The van der Waals surface area contributed by atoms with Crippen LogP contribution in [0.2, 0.25) is 0 Å². The molecule has 1 aliphatic rings. The van der Waals surface area contributed by atoms with Gasteiger partial charge in [0.05, 0.1) is 14.7 Å². The molecular weight excluding hydrogens is 342 g/mol. The highest BCUT2D eigenvalue weighted by Gasteiger charge is 2.31. The van der Waals surface area contributed by atoms with Crippen LogP contribution in [0, 0.1) is 6.92 Å². The Morgan fingerprint density at radius 2 is 2.37 bits per heavy atom. The third-order valence-electron chi connectivity index (χ3n) is 3.51. The topological polar surface area (TPSA) is 20.3 Å². The summed E-state index contributed by atoms with van der Waals surface area (Å²) in [6.45, 7) is 2.89. The summed E-state index contributed by atoms with van der Waals surface area (Å²) < 4.78 is 1.06. The van der Waals surface area contributed by atoms with E-state index in [1.54, 1.807) is 11.3 Å². The third-order valence-corrected chi connectivity index (χ3v) is 6.34. The van der Waals surface area contributed by atoms with Gasteiger partial charge < -0.3 is 4.90 Å². The third kappa shape index (κ3) is 2.51. The molecular formula is C14H14BrNOS2. The van der Waals surface area contributed by atoms with Crippen molar-refractivity contribution in [3.8, 4) is 0 Å². The van der Waals surface area contributed by atoms with E-state index in [1.165, 1.54) is 16.9 Å². The summed E-state index contributed by atoms with van der Waals surface area (Å²) in [5, 5.41) is 4.24. The van der Waals surface area contributed by atoms with Crippen molar-refractivity contribution in [1.82, 2.24) is 4.90 Å². The standard InChI is InChI=1S/C14H14BrNOS2/c1-9-7-12(19-13(9)15)14(17)16-5-2-3-11(16)10-4-6-18-8-10/h4,6-8,11H,2-3,5H2,1H3. The van der Waals surface area contributed by atoms with Crippen molar-refractivity contribution in [2.75, 3.05) is 6.54 Å². The van der Waals surface area contributed by atoms with Crippen LogP contribution in [-0.4, -0.2) is 17.4 Å². The van der Waals surface area contributed by atoms with E-state index in [0.717, 1.165) is 33.6 Å². The minimum atomic E-state index is 0.174. The van der Waals surface area contributed by atoms with Crippen molar-refractivity contribution in [2.24, 2.45) is 0 Å². The minimum Gasteiger partial charge on any atom is -0.331 e. The molecule has 2 aromatic rings. The number of hydrogen-bond acceptors (Lipinski definition) is 3. The minimum absolute atomic E-state index is 0.174. The molecule has 2 nitrogen and oxygen atoms in total. The lowest BCUT2D eigenvalue weighted by Crippen LogP contribution is -2.29. The van der Waals surface area contributed by atoms with Gasteiger partial charge in [-0.1, -0.05) is 0 Å². The van der Waals surface area contributed by atoms with Crippen LogP contribution in [0.15, 0.2) is 26.7 Å². The first kappa shape index (κ1) is 13.3. The van der Waals surface area contributed by atoms with E-state index in [0.29, 0.717) is 0 Å². The summed E-state index contributed by atoms with van der Waals surface area (Å²) in [7, 11) is 0. The zero-order valence-corrected chi connectivity index (χ0v) is 13.8. The van der Waals surface area contributed by atoms with Gasteiger partial charge in [0.15, 0.2) is 0 Å². The highest BCUT2D eigenvalue weighted by molar-refractivity contribution is 9.11. The second-order valence-corrected chi connectivity index (χ2v) is 7.93. The largest absolute Gasteiger partial charge is 0.331 e. The zero-order chi connectivity index (χ0) is 13.4. The molecule has 1 atom stereocenters. The maximum absolute atomic E-state index is 12.6. The molecule has 0 aromatic carbocycles. The van der Waals surface area contributed by atoms with E-state index in [4.69, 9.17) is 0 Å². The van der Waals surface area contributed by atoms with Crippen molar-refractivity contribution in [1.29, 1.82) is 0 Å². The molecule has 0 bridgehead atoms. The number of nitrogens with zero attached hydrogens (tertiary/aromatic N) is 1. The van der Waals surface area contributed by atoms with Gasteiger partial charge in [-0.15, -0.1) is 11.3 Å². The molecule has 0 saturated carbocycles. The van der Waals surface area contributed by atoms with Crippen LogP contribution in [-0.2, 0) is 0 Å². The first-order chi connectivity index (χ1) is 9.16. The number of rotatable bonds is 2. The quantitative estimate of drug-likeness (QED) is 0.753. The molecule has 0 spiro atoms. The number of hydrogen-bond donors (Lipinski definition) is 0.